The molecular weight excluding hydrogens is 308 g/mol. The number of benzene rings is 2. The van der Waals surface area contributed by atoms with E-state index < -0.39 is 5.91 Å². The van der Waals surface area contributed by atoms with Crippen molar-refractivity contribution in [1.82, 2.24) is 10.9 Å². The van der Waals surface area contributed by atoms with Crippen LogP contribution in [0.15, 0.2) is 36.4 Å². The first-order chi connectivity index (χ1) is 11.4. The predicted octanol–water partition coefficient (Wildman–Crippen LogP) is 2.40. The molecule has 2 aromatic rings. The third-order valence-corrected chi connectivity index (χ3v) is 3.54. The molecule has 2 amide bonds. The van der Waals surface area contributed by atoms with Crippen LogP contribution in [0.4, 0.5) is 0 Å². The molecular formula is C18H20N2O4. The lowest BCUT2D eigenvalue weighted by molar-refractivity contribution is 0.0846. The number of hydrogen-bond acceptors (Lipinski definition) is 4. The smallest absolute Gasteiger partial charge is 0.269 e. The second-order valence-corrected chi connectivity index (χ2v) is 5.33. The summed E-state index contributed by atoms with van der Waals surface area (Å²) in [6.07, 6.45) is 0. The van der Waals surface area contributed by atoms with Gasteiger partial charge in [-0.25, -0.2) is 0 Å². The third-order valence-electron chi connectivity index (χ3n) is 3.54. The number of rotatable bonds is 4. The van der Waals surface area contributed by atoms with Crippen molar-refractivity contribution in [2.75, 3.05) is 14.2 Å². The van der Waals surface area contributed by atoms with Crippen molar-refractivity contribution in [3.8, 4) is 11.5 Å². The van der Waals surface area contributed by atoms with Crippen molar-refractivity contribution in [2.24, 2.45) is 0 Å². The average molecular weight is 328 g/mol. The molecule has 2 N–H and O–H groups in total. The summed E-state index contributed by atoms with van der Waals surface area (Å²) < 4.78 is 10.2. The number of amides is 2. The molecule has 0 aliphatic heterocycles. The van der Waals surface area contributed by atoms with E-state index in [1.165, 1.54) is 14.2 Å². The first-order valence-corrected chi connectivity index (χ1v) is 7.35. The minimum atomic E-state index is -0.467. The number of carbonyl (C=O) groups is 2. The van der Waals surface area contributed by atoms with E-state index in [9.17, 15) is 9.59 Å². The van der Waals surface area contributed by atoms with Crippen LogP contribution in [0.2, 0.25) is 0 Å². The van der Waals surface area contributed by atoms with Crippen LogP contribution in [0, 0.1) is 13.8 Å². The van der Waals surface area contributed by atoms with Gasteiger partial charge in [-0.1, -0.05) is 17.7 Å². The molecule has 0 heterocycles. The van der Waals surface area contributed by atoms with E-state index in [1.54, 1.807) is 24.3 Å². The molecule has 2 rings (SSSR count). The highest BCUT2D eigenvalue weighted by molar-refractivity contribution is 6.00. The van der Waals surface area contributed by atoms with Gasteiger partial charge in [-0.15, -0.1) is 0 Å². The summed E-state index contributed by atoms with van der Waals surface area (Å²) >= 11 is 0. The molecule has 6 nitrogen and oxygen atoms in total. The zero-order valence-corrected chi connectivity index (χ0v) is 14.1. The zero-order valence-electron chi connectivity index (χ0n) is 14.1. The summed E-state index contributed by atoms with van der Waals surface area (Å²) in [6, 6.07) is 10.3. The first-order valence-electron chi connectivity index (χ1n) is 7.35. The normalized spacial score (nSPS) is 10.0. The number of nitrogens with one attached hydrogen (secondary N) is 2. The quantitative estimate of drug-likeness (QED) is 0.845. The summed E-state index contributed by atoms with van der Waals surface area (Å²) in [5, 5.41) is 0. The fraction of sp³-hybridized carbons (Fsp3) is 0.222. The van der Waals surface area contributed by atoms with Crippen LogP contribution in [-0.2, 0) is 0 Å². The fourth-order valence-electron chi connectivity index (χ4n) is 2.17. The van der Waals surface area contributed by atoms with Gasteiger partial charge < -0.3 is 9.47 Å². The average Bonchev–Trinajstić information content (AvgIpc) is 2.60. The molecule has 0 saturated carbocycles. The molecule has 0 unspecified atom stereocenters. The van der Waals surface area contributed by atoms with Gasteiger partial charge in [0.05, 0.1) is 14.2 Å². The van der Waals surface area contributed by atoms with Crippen molar-refractivity contribution >= 4 is 11.8 Å². The lowest BCUT2D eigenvalue weighted by atomic mass is 10.1. The molecule has 0 fully saturated rings. The van der Waals surface area contributed by atoms with Crippen molar-refractivity contribution in [3.63, 3.8) is 0 Å². The van der Waals surface area contributed by atoms with Crippen LogP contribution >= 0.6 is 0 Å². The van der Waals surface area contributed by atoms with Gasteiger partial charge in [-0.05, 0) is 37.6 Å². The molecule has 0 aliphatic carbocycles. The Balaban J connectivity index is 2.10. The SMILES string of the molecule is COc1cc(OC)cc(C(=O)NNC(=O)c2cc(C)ccc2C)c1. The molecule has 0 bridgehead atoms. The molecule has 2 aromatic carbocycles. The Morgan fingerprint density at radius 2 is 1.42 bits per heavy atom. The Kier molecular flexibility index (Phi) is 5.42. The highest BCUT2D eigenvalue weighted by Crippen LogP contribution is 2.22. The Morgan fingerprint density at radius 3 is 2.00 bits per heavy atom. The number of hydrogen-bond donors (Lipinski definition) is 2. The van der Waals surface area contributed by atoms with Gasteiger partial charge >= 0.3 is 0 Å². The van der Waals surface area contributed by atoms with E-state index in [0.29, 0.717) is 22.6 Å². The maximum Gasteiger partial charge on any atom is 0.269 e. The van der Waals surface area contributed by atoms with E-state index in [-0.39, 0.29) is 5.91 Å². The van der Waals surface area contributed by atoms with Crippen molar-refractivity contribution < 1.29 is 19.1 Å². The third kappa shape index (κ3) is 4.04. The van der Waals surface area contributed by atoms with Crippen LogP contribution in [0.1, 0.15) is 31.8 Å². The molecule has 6 heteroatoms. The van der Waals surface area contributed by atoms with E-state index in [4.69, 9.17) is 9.47 Å². The molecule has 0 saturated heterocycles. The Labute approximate surface area is 140 Å². The highest BCUT2D eigenvalue weighted by Gasteiger charge is 2.13. The van der Waals surface area contributed by atoms with Crippen molar-refractivity contribution in [3.05, 3.63) is 58.7 Å². The van der Waals surface area contributed by atoms with Gasteiger partial charge in [-0.3, -0.25) is 20.4 Å². The minimum absolute atomic E-state index is 0.312. The Bertz CT molecular complexity index is 749. The molecule has 0 spiro atoms. The van der Waals surface area contributed by atoms with Crippen LogP contribution in [-0.4, -0.2) is 26.0 Å². The standard InChI is InChI=1S/C18H20N2O4/c1-11-5-6-12(2)16(7-11)18(22)20-19-17(21)13-8-14(23-3)10-15(9-13)24-4/h5-10H,1-4H3,(H,19,21)(H,20,22). The topological polar surface area (TPSA) is 76.7 Å². The summed E-state index contributed by atoms with van der Waals surface area (Å²) in [5.74, 6) is 0.131. The number of ether oxygens (including phenoxy) is 2. The molecule has 0 aromatic heterocycles. The summed E-state index contributed by atoms with van der Waals surface area (Å²) in [5.41, 5.74) is 7.44. The second-order valence-electron chi connectivity index (χ2n) is 5.33. The van der Waals surface area contributed by atoms with Crippen molar-refractivity contribution in [2.45, 2.75) is 13.8 Å². The van der Waals surface area contributed by atoms with Gasteiger partial charge in [-0.2, -0.15) is 0 Å². The molecule has 24 heavy (non-hydrogen) atoms. The lowest BCUT2D eigenvalue weighted by Gasteiger charge is -2.11. The predicted molar refractivity (Wildman–Crippen MR) is 90.4 cm³/mol. The molecule has 126 valence electrons. The summed E-state index contributed by atoms with van der Waals surface area (Å²) in [4.78, 5) is 24.5. The van der Waals surface area contributed by atoms with Gasteiger partial charge in [0.15, 0.2) is 0 Å². The van der Waals surface area contributed by atoms with E-state index in [0.717, 1.165) is 11.1 Å². The van der Waals surface area contributed by atoms with Gasteiger partial charge in [0, 0.05) is 17.2 Å². The van der Waals surface area contributed by atoms with Gasteiger partial charge in [0.2, 0.25) is 0 Å². The molecule has 0 aliphatic rings. The van der Waals surface area contributed by atoms with E-state index >= 15 is 0 Å². The van der Waals surface area contributed by atoms with Crippen LogP contribution in [0.25, 0.3) is 0 Å². The maximum absolute atomic E-state index is 12.2. The van der Waals surface area contributed by atoms with Crippen LogP contribution < -0.4 is 20.3 Å². The molecule has 0 radical (unpaired) electrons. The summed E-state index contributed by atoms with van der Waals surface area (Å²) in [6.45, 7) is 3.74. The van der Waals surface area contributed by atoms with Gasteiger partial charge in [0.25, 0.3) is 11.8 Å². The maximum atomic E-state index is 12.2. The number of aryl methyl sites for hydroxylation is 2. The number of methoxy groups -OCH3 is 2. The second kappa shape index (κ2) is 7.50. The zero-order chi connectivity index (χ0) is 17.7. The number of hydrazine groups is 1. The highest BCUT2D eigenvalue weighted by atomic mass is 16.5. The van der Waals surface area contributed by atoms with E-state index in [1.807, 2.05) is 26.0 Å². The first kappa shape index (κ1) is 17.3. The summed E-state index contributed by atoms with van der Waals surface area (Å²) in [7, 11) is 3.00. The van der Waals surface area contributed by atoms with Gasteiger partial charge in [0.1, 0.15) is 11.5 Å². The molecule has 0 atom stereocenters. The number of carbonyl (C=O) groups excluding carboxylic acids is 2. The fourth-order valence-corrected chi connectivity index (χ4v) is 2.17. The van der Waals surface area contributed by atoms with Crippen molar-refractivity contribution in [1.29, 1.82) is 0 Å². The van der Waals surface area contributed by atoms with E-state index in [2.05, 4.69) is 10.9 Å². The monoisotopic (exact) mass is 328 g/mol. The minimum Gasteiger partial charge on any atom is -0.497 e. The Morgan fingerprint density at radius 1 is 0.833 bits per heavy atom. The lowest BCUT2D eigenvalue weighted by Crippen LogP contribution is -2.41. The largest absolute Gasteiger partial charge is 0.497 e. The van der Waals surface area contributed by atoms with Crippen LogP contribution in [0.3, 0.4) is 0 Å². The van der Waals surface area contributed by atoms with Crippen LogP contribution in [0.5, 0.6) is 11.5 Å². The Hall–Kier alpha value is -3.02.